The third-order valence-electron chi connectivity index (χ3n) is 2.11. The Hall–Kier alpha value is -1.11. The van der Waals surface area contributed by atoms with Crippen molar-refractivity contribution in [3.63, 3.8) is 0 Å². The largest absolute Gasteiger partial charge is 0.257 e. The summed E-state index contributed by atoms with van der Waals surface area (Å²) >= 11 is 0. The summed E-state index contributed by atoms with van der Waals surface area (Å²) in [5.74, 6) is 0. The van der Waals surface area contributed by atoms with Crippen LogP contribution in [0, 0.1) is 0 Å². The minimum absolute atomic E-state index is 1.04. The van der Waals surface area contributed by atoms with Crippen LogP contribution in [0.5, 0.6) is 0 Å². The maximum Gasteiger partial charge on any atom is 0.0655 e. The van der Waals surface area contributed by atoms with E-state index in [1.807, 2.05) is 24.4 Å². The van der Waals surface area contributed by atoms with Gasteiger partial charge in [-0.15, -0.1) is 0 Å². The third kappa shape index (κ3) is 3.41. The van der Waals surface area contributed by atoms with Crippen molar-refractivity contribution in [2.24, 2.45) is 0 Å². The van der Waals surface area contributed by atoms with Crippen molar-refractivity contribution in [1.29, 1.82) is 0 Å². The topological polar surface area (TPSA) is 12.9 Å². The number of aromatic nitrogens is 1. The Morgan fingerprint density at radius 2 is 2.23 bits per heavy atom. The summed E-state index contributed by atoms with van der Waals surface area (Å²) in [6.45, 7) is 6.25. The van der Waals surface area contributed by atoms with Gasteiger partial charge in [-0.3, -0.25) is 4.98 Å². The van der Waals surface area contributed by atoms with Crippen LogP contribution in [0.3, 0.4) is 0 Å². The lowest BCUT2D eigenvalue weighted by Crippen LogP contribution is -1.86. The zero-order valence-electron chi connectivity index (χ0n) is 8.29. The molecule has 1 heterocycles. The molecule has 1 rings (SSSR count). The van der Waals surface area contributed by atoms with Crippen LogP contribution in [0.25, 0.3) is 5.57 Å². The molecule has 0 saturated heterocycles. The van der Waals surface area contributed by atoms with E-state index in [0.717, 1.165) is 17.7 Å². The highest BCUT2D eigenvalue weighted by atomic mass is 14.7. The van der Waals surface area contributed by atoms with Crippen molar-refractivity contribution in [2.75, 3.05) is 0 Å². The fourth-order valence-corrected chi connectivity index (χ4v) is 1.29. The average molecular weight is 175 g/mol. The second kappa shape index (κ2) is 5.52. The third-order valence-corrected chi connectivity index (χ3v) is 2.11. The van der Waals surface area contributed by atoms with Crippen LogP contribution in [0.2, 0.25) is 0 Å². The molecule has 0 aliphatic heterocycles. The SMILES string of the molecule is C=C(CCCCC)c1ccccn1. The van der Waals surface area contributed by atoms with Gasteiger partial charge in [0.2, 0.25) is 0 Å². The summed E-state index contributed by atoms with van der Waals surface area (Å²) in [5.41, 5.74) is 2.20. The van der Waals surface area contributed by atoms with E-state index in [2.05, 4.69) is 18.5 Å². The molecule has 0 radical (unpaired) electrons. The molecule has 0 aliphatic carbocycles. The Bertz CT molecular complexity index is 251. The molecular weight excluding hydrogens is 158 g/mol. The highest BCUT2D eigenvalue weighted by Crippen LogP contribution is 2.16. The smallest absolute Gasteiger partial charge is 0.0655 e. The van der Waals surface area contributed by atoms with Crippen LogP contribution in [0.4, 0.5) is 0 Å². The summed E-state index contributed by atoms with van der Waals surface area (Å²) in [4.78, 5) is 4.26. The van der Waals surface area contributed by atoms with E-state index in [0.29, 0.717) is 0 Å². The molecule has 1 aromatic rings. The quantitative estimate of drug-likeness (QED) is 0.622. The van der Waals surface area contributed by atoms with Crippen LogP contribution < -0.4 is 0 Å². The number of pyridine rings is 1. The molecular formula is C12H17N. The normalized spacial score (nSPS) is 9.92. The molecule has 1 aromatic heterocycles. The molecule has 0 aliphatic rings. The first kappa shape index (κ1) is 9.97. The molecule has 0 bridgehead atoms. The Kier molecular flexibility index (Phi) is 4.24. The van der Waals surface area contributed by atoms with E-state index in [1.54, 1.807) is 0 Å². The number of nitrogens with zero attached hydrogens (tertiary/aromatic N) is 1. The van der Waals surface area contributed by atoms with E-state index in [4.69, 9.17) is 0 Å². The molecule has 0 aromatic carbocycles. The van der Waals surface area contributed by atoms with Gasteiger partial charge in [0.25, 0.3) is 0 Å². The van der Waals surface area contributed by atoms with Crippen molar-refractivity contribution < 1.29 is 0 Å². The van der Waals surface area contributed by atoms with Crippen LogP contribution >= 0.6 is 0 Å². The van der Waals surface area contributed by atoms with Gasteiger partial charge in [-0.25, -0.2) is 0 Å². The lowest BCUT2D eigenvalue weighted by molar-refractivity contribution is 0.735. The van der Waals surface area contributed by atoms with Crippen molar-refractivity contribution in [3.8, 4) is 0 Å². The van der Waals surface area contributed by atoms with Gasteiger partial charge in [0.15, 0.2) is 0 Å². The lowest BCUT2D eigenvalue weighted by atomic mass is 10.1. The number of allylic oxidation sites excluding steroid dienone is 1. The molecule has 0 atom stereocenters. The molecule has 0 spiro atoms. The number of hydrogen-bond donors (Lipinski definition) is 0. The second-order valence-corrected chi connectivity index (χ2v) is 3.28. The number of unbranched alkanes of at least 4 members (excludes halogenated alkanes) is 2. The van der Waals surface area contributed by atoms with Gasteiger partial charge in [0.05, 0.1) is 5.69 Å². The Morgan fingerprint density at radius 1 is 1.38 bits per heavy atom. The minimum Gasteiger partial charge on any atom is -0.257 e. The summed E-state index contributed by atoms with van der Waals surface area (Å²) < 4.78 is 0. The maximum absolute atomic E-state index is 4.26. The first-order valence-electron chi connectivity index (χ1n) is 4.93. The van der Waals surface area contributed by atoms with Crippen LogP contribution in [0.15, 0.2) is 31.0 Å². The standard InChI is InChI=1S/C12H17N/c1-3-4-5-8-11(2)12-9-6-7-10-13-12/h6-7,9-10H,2-5,8H2,1H3. The zero-order chi connectivity index (χ0) is 9.52. The predicted molar refractivity (Wildman–Crippen MR) is 57.4 cm³/mol. The fraction of sp³-hybridized carbons (Fsp3) is 0.417. The first-order valence-corrected chi connectivity index (χ1v) is 4.93. The van der Waals surface area contributed by atoms with Gasteiger partial charge in [0.1, 0.15) is 0 Å². The minimum atomic E-state index is 1.04. The van der Waals surface area contributed by atoms with E-state index < -0.39 is 0 Å². The monoisotopic (exact) mass is 175 g/mol. The van der Waals surface area contributed by atoms with E-state index in [-0.39, 0.29) is 0 Å². The molecule has 0 fully saturated rings. The fourth-order valence-electron chi connectivity index (χ4n) is 1.29. The molecule has 0 amide bonds. The van der Waals surface area contributed by atoms with Gasteiger partial charge in [0, 0.05) is 6.20 Å². The van der Waals surface area contributed by atoms with Crippen LogP contribution in [0.1, 0.15) is 38.3 Å². The Balaban J connectivity index is 2.40. The maximum atomic E-state index is 4.26. The second-order valence-electron chi connectivity index (χ2n) is 3.28. The Labute approximate surface area is 80.5 Å². The number of rotatable bonds is 5. The van der Waals surface area contributed by atoms with Crippen molar-refractivity contribution in [2.45, 2.75) is 32.6 Å². The average Bonchev–Trinajstić information content (AvgIpc) is 2.19. The van der Waals surface area contributed by atoms with Crippen LogP contribution in [-0.4, -0.2) is 4.98 Å². The van der Waals surface area contributed by atoms with Gasteiger partial charge < -0.3 is 0 Å². The molecule has 0 N–H and O–H groups in total. The molecule has 70 valence electrons. The first-order chi connectivity index (χ1) is 6.34. The summed E-state index contributed by atoms with van der Waals surface area (Å²) in [5, 5.41) is 0. The van der Waals surface area contributed by atoms with Crippen LogP contribution in [-0.2, 0) is 0 Å². The van der Waals surface area contributed by atoms with Crippen molar-refractivity contribution in [3.05, 3.63) is 36.7 Å². The van der Waals surface area contributed by atoms with E-state index in [9.17, 15) is 0 Å². The molecule has 0 saturated carbocycles. The van der Waals surface area contributed by atoms with E-state index >= 15 is 0 Å². The van der Waals surface area contributed by atoms with Gasteiger partial charge in [-0.05, 0) is 30.5 Å². The molecule has 0 unspecified atom stereocenters. The molecule has 1 nitrogen and oxygen atoms in total. The van der Waals surface area contributed by atoms with Gasteiger partial charge in [-0.2, -0.15) is 0 Å². The molecule has 13 heavy (non-hydrogen) atoms. The van der Waals surface area contributed by atoms with Gasteiger partial charge in [-0.1, -0.05) is 32.4 Å². The summed E-state index contributed by atoms with van der Waals surface area (Å²) in [6, 6.07) is 5.96. The van der Waals surface area contributed by atoms with E-state index in [1.165, 1.54) is 19.3 Å². The predicted octanol–water partition coefficient (Wildman–Crippen LogP) is 3.68. The zero-order valence-corrected chi connectivity index (χ0v) is 8.29. The van der Waals surface area contributed by atoms with Crippen molar-refractivity contribution in [1.82, 2.24) is 4.98 Å². The summed E-state index contributed by atoms with van der Waals surface area (Å²) in [7, 11) is 0. The highest BCUT2D eigenvalue weighted by Gasteiger charge is 1.98. The van der Waals surface area contributed by atoms with Gasteiger partial charge >= 0.3 is 0 Å². The highest BCUT2D eigenvalue weighted by molar-refractivity contribution is 5.59. The van der Waals surface area contributed by atoms with Crippen molar-refractivity contribution >= 4 is 5.57 Å². The molecule has 1 heteroatoms. The summed E-state index contributed by atoms with van der Waals surface area (Å²) in [6.07, 6.45) is 6.67. The number of hydrogen-bond acceptors (Lipinski definition) is 1. The Morgan fingerprint density at radius 3 is 2.85 bits per heavy atom. The lowest BCUT2D eigenvalue weighted by Gasteiger charge is -2.03.